The van der Waals surface area contributed by atoms with E-state index in [0.29, 0.717) is 12.8 Å². The van der Waals surface area contributed by atoms with Crippen molar-refractivity contribution in [3.8, 4) is 0 Å². The van der Waals surface area contributed by atoms with Gasteiger partial charge in [0.25, 0.3) is 0 Å². The summed E-state index contributed by atoms with van der Waals surface area (Å²) in [5, 5.41) is 0. The summed E-state index contributed by atoms with van der Waals surface area (Å²) in [4.78, 5) is 33.1. The number of hydrogen-bond acceptors (Lipinski definition) is 7. The summed E-state index contributed by atoms with van der Waals surface area (Å²) in [6.07, 6.45) is 0.682. The van der Waals surface area contributed by atoms with Crippen LogP contribution in [0, 0.1) is 0 Å². The number of rotatable bonds is 11. The summed E-state index contributed by atoms with van der Waals surface area (Å²) in [5.74, 6) is -1.03. The maximum atomic E-state index is 11.1. The fraction of sp³-hybridized carbons (Fsp3) is 0.786. The van der Waals surface area contributed by atoms with Crippen LogP contribution in [0.4, 0.5) is 0 Å². The Balaban J connectivity index is 4.10. The van der Waals surface area contributed by atoms with Crippen LogP contribution in [0.3, 0.4) is 0 Å². The molecule has 0 aromatic carbocycles. The van der Waals surface area contributed by atoms with Crippen molar-refractivity contribution in [1.29, 1.82) is 0 Å². The molecule has 0 fully saturated rings. The lowest BCUT2D eigenvalue weighted by atomic mass is 10.3. The van der Waals surface area contributed by atoms with Crippen LogP contribution in [0.1, 0.15) is 46.5 Å². The highest BCUT2D eigenvalue weighted by atomic mass is 16.7. The van der Waals surface area contributed by atoms with Gasteiger partial charge in [-0.2, -0.15) is 0 Å². The highest BCUT2D eigenvalue weighted by Crippen LogP contribution is 2.03. The first-order valence-corrected chi connectivity index (χ1v) is 7.11. The molecule has 0 amide bonds. The maximum absolute atomic E-state index is 11.1. The monoisotopic (exact) mass is 304 g/mol. The Morgan fingerprint density at radius 3 is 1.90 bits per heavy atom. The third-order valence-corrected chi connectivity index (χ3v) is 2.52. The van der Waals surface area contributed by atoms with Crippen molar-refractivity contribution in [2.45, 2.75) is 52.6 Å². The van der Waals surface area contributed by atoms with Crippen molar-refractivity contribution < 1.29 is 33.3 Å². The molecule has 1 atom stereocenters. The Hall–Kier alpha value is -1.63. The van der Waals surface area contributed by atoms with Gasteiger partial charge in [-0.25, -0.2) is 0 Å². The van der Waals surface area contributed by atoms with Crippen LogP contribution in [0.25, 0.3) is 0 Å². The molecule has 0 spiro atoms. The Bertz CT molecular complexity index is 305. The van der Waals surface area contributed by atoms with Crippen molar-refractivity contribution in [3.63, 3.8) is 0 Å². The molecule has 7 nitrogen and oxygen atoms in total. The van der Waals surface area contributed by atoms with Gasteiger partial charge in [-0.1, -0.05) is 20.8 Å². The molecule has 122 valence electrons. The quantitative estimate of drug-likeness (QED) is 0.325. The molecule has 0 heterocycles. The second-order valence-corrected chi connectivity index (χ2v) is 4.18. The van der Waals surface area contributed by atoms with Crippen LogP contribution < -0.4 is 0 Å². The standard InChI is InChI=1S/C14H24O7/c1-4-12(15)18-8-7-11(9-19-13(16)5-2)20-10-21-14(17)6-3/h11H,4-10H2,1-3H3. The topological polar surface area (TPSA) is 88.1 Å². The Labute approximate surface area is 124 Å². The van der Waals surface area contributed by atoms with Crippen LogP contribution in [0.15, 0.2) is 0 Å². The van der Waals surface area contributed by atoms with Crippen LogP contribution in [-0.2, 0) is 33.3 Å². The van der Waals surface area contributed by atoms with Gasteiger partial charge in [0.15, 0.2) is 6.79 Å². The van der Waals surface area contributed by atoms with Crippen LogP contribution in [-0.4, -0.2) is 44.0 Å². The van der Waals surface area contributed by atoms with E-state index in [0.717, 1.165) is 0 Å². The average Bonchev–Trinajstić information content (AvgIpc) is 2.50. The van der Waals surface area contributed by atoms with Crippen LogP contribution >= 0.6 is 0 Å². The van der Waals surface area contributed by atoms with Crippen molar-refractivity contribution in [3.05, 3.63) is 0 Å². The first-order chi connectivity index (χ1) is 10.0. The highest BCUT2D eigenvalue weighted by molar-refractivity contribution is 5.69. The van der Waals surface area contributed by atoms with E-state index < -0.39 is 6.10 Å². The first-order valence-electron chi connectivity index (χ1n) is 7.11. The summed E-state index contributed by atoms with van der Waals surface area (Å²) >= 11 is 0. The average molecular weight is 304 g/mol. The van der Waals surface area contributed by atoms with Crippen molar-refractivity contribution in [2.24, 2.45) is 0 Å². The lowest BCUT2D eigenvalue weighted by molar-refractivity contribution is -0.169. The molecule has 0 aliphatic carbocycles. The maximum Gasteiger partial charge on any atom is 0.307 e. The number of carbonyl (C=O) groups is 3. The Morgan fingerprint density at radius 2 is 1.33 bits per heavy atom. The molecule has 0 aromatic rings. The summed E-state index contributed by atoms with van der Waals surface area (Å²) < 4.78 is 20.0. The van der Waals surface area contributed by atoms with E-state index in [-0.39, 0.29) is 50.8 Å². The molecule has 0 radical (unpaired) electrons. The fourth-order valence-corrected chi connectivity index (χ4v) is 1.21. The molecule has 0 saturated heterocycles. The van der Waals surface area contributed by atoms with Crippen molar-refractivity contribution in [1.82, 2.24) is 0 Å². The minimum Gasteiger partial charge on any atom is -0.466 e. The number of ether oxygens (including phenoxy) is 4. The van der Waals surface area contributed by atoms with Gasteiger partial charge in [0.1, 0.15) is 6.61 Å². The normalized spacial score (nSPS) is 11.6. The summed E-state index contributed by atoms with van der Waals surface area (Å²) in [6.45, 7) is 5.02. The summed E-state index contributed by atoms with van der Waals surface area (Å²) in [7, 11) is 0. The molecule has 0 rings (SSSR count). The van der Waals surface area contributed by atoms with Crippen LogP contribution in [0.2, 0.25) is 0 Å². The lowest BCUT2D eigenvalue weighted by Crippen LogP contribution is -2.26. The molecule has 0 aliphatic rings. The molecule has 0 saturated carbocycles. The zero-order valence-electron chi connectivity index (χ0n) is 12.9. The van der Waals surface area contributed by atoms with Crippen molar-refractivity contribution in [2.75, 3.05) is 20.0 Å². The third-order valence-electron chi connectivity index (χ3n) is 2.52. The summed E-state index contributed by atoms with van der Waals surface area (Å²) in [6, 6.07) is 0. The van der Waals surface area contributed by atoms with E-state index in [2.05, 4.69) is 0 Å². The largest absolute Gasteiger partial charge is 0.466 e. The molecule has 0 bridgehead atoms. The zero-order valence-corrected chi connectivity index (χ0v) is 12.9. The molecular weight excluding hydrogens is 280 g/mol. The smallest absolute Gasteiger partial charge is 0.307 e. The minimum absolute atomic E-state index is 0.0278. The van der Waals surface area contributed by atoms with Gasteiger partial charge in [0.2, 0.25) is 0 Å². The van der Waals surface area contributed by atoms with Gasteiger partial charge in [-0.3, -0.25) is 14.4 Å². The predicted molar refractivity (Wildman–Crippen MR) is 73.2 cm³/mol. The molecule has 7 heteroatoms. The van der Waals surface area contributed by atoms with Gasteiger partial charge in [0, 0.05) is 25.7 Å². The number of esters is 3. The third kappa shape index (κ3) is 10.8. The summed E-state index contributed by atoms with van der Waals surface area (Å²) in [5.41, 5.74) is 0. The first kappa shape index (κ1) is 19.4. The SMILES string of the molecule is CCC(=O)OCCC(COC(=O)CC)OCOC(=O)CC. The van der Waals surface area contributed by atoms with Crippen LogP contribution in [0.5, 0.6) is 0 Å². The van der Waals surface area contributed by atoms with Gasteiger partial charge >= 0.3 is 17.9 Å². The zero-order chi connectivity index (χ0) is 16.1. The molecule has 0 aromatic heterocycles. The van der Waals surface area contributed by atoms with E-state index in [1.54, 1.807) is 20.8 Å². The van der Waals surface area contributed by atoms with Gasteiger partial charge in [-0.15, -0.1) is 0 Å². The second kappa shape index (κ2) is 12.1. The van der Waals surface area contributed by atoms with Crippen molar-refractivity contribution >= 4 is 17.9 Å². The highest BCUT2D eigenvalue weighted by Gasteiger charge is 2.14. The van der Waals surface area contributed by atoms with E-state index in [1.807, 2.05) is 0 Å². The lowest BCUT2D eigenvalue weighted by Gasteiger charge is -2.17. The fourth-order valence-electron chi connectivity index (χ4n) is 1.21. The van der Waals surface area contributed by atoms with Gasteiger partial charge in [-0.05, 0) is 0 Å². The molecular formula is C14H24O7. The minimum atomic E-state index is -0.491. The van der Waals surface area contributed by atoms with E-state index in [9.17, 15) is 14.4 Å². The second-order valence-electron chi connectivity index (χ2n) is 4.18. The van der Waals surface area contributed by atoms with Gasteiger partial charge < -0.3 is 18.9 Å². The molecule has 1 unspecified atom stereocenters. The number of hydrogen-bond donors (Lipinski definition) is 0. The van der Waals surface area contributed by atoms with Gasteiger partial charge in [0.05, 0.1) is 12.7 Å². The Morgan fingerprint density at radius 1 is 0.810 bits per heavy atom. The molecule has 21 heavy (non-hydrogen) atoms. The van der Waals surface area contributed by atoms with E-state index in [1.165, 1.54) is 0 Å². The van der Waals surface area contributed by atoms with E-state index in [4.69, 9.17) is 18.9 Å². The Kier molecular flexibility index (Phi) is 11.2. The molecule has 0 aliphatic heterocycles. The number of carbonyl (C=O) groups excluding carboxylic acids is 3. The predicted octanol–water partition coefficient (Wildman–Crippen LogP) is 1.58. The molecule has 0 N–H and O–H groups in total. The van der Waals surface area contributed by atoms with E-state index >= 15 is 0 Å².